The highest BCUT2D eigenvalue weighted by atomic mass is 16.5. The molecular formula is C103H100N6O10. The number of hydrogen-bond donors (Lipinski definition) is 3. The molecule has 16 heteroatoms. The van der Waals surface area contributed by atoms with Gasteiger partial charge in [-0.05, 0) is 192 Å². The summed E-state index contributed by atoms with van der Waals surface area (Å²) in [5.74, 6) is -0.336. The van der Waals surface area contributed by atoms with E-state index < -0.39 is 0 Å². The van der Waals surface area contributed by atoms with E-state index in [0.29, 0.717) is 145 Å². The number of nitrogens with one attached hydrogen (secondary N) is 3. The summed E-state index contributed by atoms with van der Waals surface area (Å²) in [5, 5.41) is 8.93. The molecule has 2 aliphatic rings. The second-order valence-electron chi connectivity index (χ2n) is 29.6. The van der Waals surface area contributed by atoms with E-state index in [0.717, 1.165) is 102 Å². The number of ketones is 3. The van der Waals surface area contributed by atoms with Crippen molar-refractivity contribution >= 4 is 69.9 Å². The van der Waals surface area contributed by atoms with E-state index in [4.69, 9.17) is 4.74 Å². The van der Waals surface area contributed by atoms with Crippen LogP contribution < -0.4 is 16.0 Å². The monoisotopic (exact) mass is 1580 g/mol. The van der Waals surface area contributed by atoms with Crippen LogP contribution in [0.15, 0.2) is 309 Å². The number of Topliss-reactive ketones (excluding diaryl/α,β-unsaturated/α-hetero) is 3. The first-order valence-corrected chi connectivity index (χ1v) is 41.0. The maximum atomic E-state index is 13.4. The Balaban J connectivity index is 0.000000164. The maximum Gasteiger partial charge on any atom is 0.256 e. The van der Waals surface area contributed by atoms with E-state index in [-0.39, 0.29) is 52.8 Å². The average molecular weight is 1580 g/mol. The molecule has 0 bridgehead atoms. The van der Waals surface area contributed by atoms with Crippen molar-refractivity contribution in [1.29, 1.82) is 0 Å². The molecule has 0 unspecified atom stereocenters. The van der Waals surface area contributed by atoms with Gasteiger partial charge < -0.3 is 35.4 Å². The van der Waals surface area contributed by atoms with Gasteiger partial charge in [0.1, 0.15) is 17.3 Å². The van der Waals surface area contributed by atoms with Crippen LogP contribution in [0, 0.1) is 0 Å². The van der Waals surface area contributed by atoms with Crippen LogP contribution in [0.2, 0.25) is 0 Å². The Morgan fingerprint density at radius 3 is 0.857 bits per heavy atom. The van der Waals surface area contributed by atoms with Gasteiger partial charge in [-0.25, -0.2) is 0 Å². The highest BCUT2D eigenvalue weighted by molar-refractivity contribution is 6.13. The molecule has 119 heavy (non-hydrogen) atoms. The van der Waals surface area contributed by atoms with E-state index in [1.807, 2.05) is 310 Å². The van der Waals surface area contributed by atoms with Crippen LogP contribution in [0.3, 0.4) is 0 Å². The third kappa shape index (κ3) is 24.1. The predicted molar refractivity (Wildman–Crippen MR) is 473 cm³/mol. The van der Waals surface area contributed by atoms with Gasteiger partial charge >= 0.3 is 0 Å². The smallest absolute Gasteiger partial charge is 0.256 e. The van der Waals surface area contributed by atoms with E-state index in [1.54, 1.807) is 28.0 Å². The number of carbonyl (C=O) groups excluding carboxylic acids is 9. The van der Waals surface area contributed by atoms with E-state index >= 15 is 0 Å². The number of ether oxygens (including phenoxy) is 1. The van der Waals surface area contributed by atoms with Crippen LogP contribution in [0.4, 0.5) is 17.1 Å². The molecule has 16 nitrogen and oxygen atoms in total. The summed E-state index contributed by atoms with van der Waals surface area (Å²) < 4.78 is 5.40. The summed E-state index contributed by atoms with van der Waals surface area (Å²) in [7, 11) is 0. The predicted octanol–water partition coefficient (Wildman–Crippen LogP) is 19.6. The maximum absolute atomic E-state index is 13.4. The van der Waals surface area contributed by atoms with E-state index in [2.05, 4.69) is 16.0 Å². The Labute approximate surface area is 697 Å². The number of aryl methyl sites for hydroxylation is 3. The summed E-state index contributed by atoms with van der Waals surface area (Å²) >= 11 is 0. The van der Waals surface area contributed by atoms with Crippen LogP contribution in [0.5, 0.6) is 0 Å². The van der Waals surface area contributed by atoms with Crippen molar-refractivity contribution in [3.8, 4) is 33.4 Å². The molecule has 0 aliphatic carbocycles. The zero-order valence-corrected chi connectivity index (χ0v) is 67.5. The molecule has 0 saturated carbocycles. The van der Waals surface area contributed by atoms with Crippen molar-refractivity contribution < 1.29 is 47.9 Å². The van der Waals surface area contributed by atoms with Crippen molar-refractivity contribution in [3.05, 3.63) is 376 Å². The molecule has 0 spiro atoms. The molecule has 14 rings (SSSR count). The molecule has 3 N–H and O–H groups in total. The van der Waals surface area contributed by atoms with Gasteiger partial charge in [0.05, 0.1) is 13.2 Å². The summed E-state index contributed by atoms with van der Waals surface area (Å²) in [6.45, 7) is 8.80. The minimum absolute atomic E-state index is 0.0133. The standard InChI is InChI=1S/C35H34N2O3.C34H32N2O4.C34H34N2O3/c38-29(22-19-26-11-3-1-4-12-26)25-27-17-20-28(21-18-27)36-34(39)32-15-7-5-13-30(32)31-14-6-8-16-33(31)35(40)37-23-9-2-10-24-37;37-28(19-16-25-8-2-1-3-9-25)24-26-14-17-27(18-15-26)35-33(38)31-12-6-4-10-29(31)30-11-5-7-13-32(30)34(39)36-20-22-40-23-21-36;1-3-36(4-2)34(39)32-17-11-9-15-30(32)29-14-8-10-16-31(29)33(38)35-27-21-18-26(19-22-27)24-28(37)23-20-25-12-6-5-7-13-25/h1,3-8,11-18,20-21H,2,9-10,19,22-25H2,(H,36,39);1-15,17-18H,16,19-24H2,(H,35,38);5-19,21-22H,3-4,20,23-24H2,1-2H3,(H,35,38). The molecule has 0 radical (unpaired) electrons. The number of amides is 6. The lowest BCUT2D eigenvalue weighted by atomic mass is 9.94. The highest BCUT2D eigenvalue weighted by Crippen LogP contribution is 2.34. The second kappa shape index (κ2) is 43.4. The van der Waals surface area contributed by atoms with Gasteiger partial charge in [0, 0.05) is 128 Å². The van der Waals surface area contributed by atoms with Crippen molar-refractivity contribution in [2.24, 2.45) is 0 Å². The quantitative estimate of drug-likeness (QED) is 0.0404. The number of anilines is 3. The Morgan fingerprint density at radius 1 is 0.286 bits per heavy atom. The summed E-state index contributed by atoms with van der Waals surface area (Å²) in [5.41, 5.74) is 15.7. The van der Waals surface area contributed by atoms with Gasteiger partial charge in [-0.2, -0.15) is 0 Å². The van der Waals surface area contributed by atoms with Crippen LogP contribution in [-0.2, 0) is 57.6 Å². The zero-order chi connectivity index (χ0) is 83.1. The van der Waals surface area contributed by atoms with Gasteiger partial charge in [0.2, 0.25) is 0 Å². The van der Waals surface area contributed by atoms with Crippen LogP contribution >= 0.6 is 0 Å². The largest absolute Gasteiger partial charge is 0.378 e. The Hall–Kier alpha value is -13.6. The van der Waals surface area contributed by atoms with Gasteiger partial charge in [0.15, 0.2) is 0 Å². The normalized spacial score (nSPS) is 12.3. The molecular weight excluding hydrogens is 1480 g/mol. The number of morpholine rings is 1. The zero-order valence-electron chi connectivity index (χ0n) is 67.5. The second-order valence-corrected chi connectivity index (χ2v) is 29.6. The van der Waals surface area contributed by atoms with Gasteiger partial charge in [0.25, 0.3) is 35.4 Å². The molecule has 2 aliphatic heterocycles. The third-order valence-corrected chi connectivity index (χ3v) is 21.3. The number of hydrogen-bond acceptors (Lipinski definition) is 10. The molecule has 12 aromatic carbocycles. The lowest BCUT2D eigenvalue weighted by Gasteiger charge is -2.27. The first-order chi connectivity index (χ1) is 58.2. The first-order valence-electron chi connectivity index (χ1n) is 41.0. The van der Waals surface area contributed by atoms with Gasteiger partial charge in [-0.3, -0.25) is 43.2 Å². The van der Waals surface area contributed by atoms with Crippen molar-refractivity contribution in [3.63, 3.8) is 0 Å². The first kappa shape index (κ1) is 84.8. The summed E-state index contributed by atoms with van der Waals surface area (Å²) in [6, 6.07) is 96.6. The minimum atomic E-state index is -0.268. The number of nitrogens with zero attached hydrogens (tertiary/aromatic N) is 3. The molecule has 0 atom stereocenters. The number of rotatable bonds is 29. The Kier molecular flexibility index (Phi) is 30.9. The van der Waals surface area contributed by atoms with Crippen molar-refractivity contribution in [2.45, 2.75) is 90.9 Å². The lowest BCUT2D eigenvalue weighted by molar-refractivity contribution is -0.119. The topological polar surface area (TPSA) is 209 Å². The number of benzene rings is 12. The lowest BCUT2D eigenvalue weighted by Crippen LogP contribution is -2.40. The van der Waals surface area contributed by atoms with Crippen LogP contribution in [0.1, 0.15) is 148 Å². The summed E-state index contributed by atoms with van der Waals surface area (Å²) in [6.07, 6.45) is 7.98. The van der Waals surface area contributed by atoms with Crippen LogP contribution in [-0.4, -0.2) is 120 Å². The average Bonchev–Trinajstić information content (AvgIpc) is 0.802. The minimum Gasteiger partial charge on any atom is -0.378 e. The van der Waals surface area contributed by atoms with Crippen molar-refractivity contribution in [2.75, 3.05) is 68.4 Å². The fourth-order valence-corrected chi connectivity index (χ4v) is 14.8. The number of piperidine rings is 1. The van der Waals surface area contributed by atoms with Crippen LogP contribution in [0.25, 0.3) is 33.4 Å². The van der Waals surface area contributed by atoms with Crippen molar-refractivity contribution in [1.82, 2.24) is 14.7 Å². The van der Waals surface area contributed by atoms with E-state index in [9.17, 15) is 43.2 Å². The fraction of sp³-hybridized carbons (Fsp3) is 0.214. The SMILES string of the molecule is CCN(CC)C(=O)c1ccccc1-c1ccccc1C(=O)Nc1ccc(CC(=O)CCc2ccccc2)cc1.O=C(CCc1ccccc1)Cc1ccc(NC(=O)c2ccccc2-c2ccccc2C(=O)N2CCCCC2)cc1.O=C(CCc1ccccc1)Cc1ccc(NC(=O)c2ccccc2-c2ccccc2C(=O)N2CCOCC2)cc1. The summed E-state index contributed by atoms with van der Waals surface area (Å²) in [4.78, 5) is 123. The molecule has 2 fully saturated rings. The third-order valence-electron chi connectivity index (χ3n) is 21.3. The Bertz CT molecular complexity index is 5220. The Morgan fingerprint density at radius 2 is 0.546 bits per heavy atom. The highest BCUT2D eigenvalue weighted by Gasteiger charge is 2.27. The molecule has 12 aromatic rings. The van der Waals surface area contributed by atoms with E-state index in [1.165, 1.54) is 0 Å². The van der Waals surface area contributed by atoms with Gasteiger partial charge in [-0.1, -0.05) is 237 Å². The number of carbonyl (C=O) groups is 9. The molecule has 0 aromatic heterocycles. The van der Waals surface area contributed by atoms with Gasteiger partial charge in [-0.15, -0.1) is 0 Å². The molecule has 2 saturated heterocycles. The molecule has 602 valence electrons. The molecule has 2 heterocycles. The number of likely N-dealkylation sites (tertiary alicyclic amines) is 1. The fourth-order valence-electron chi connectivity index (χ4n) is 14.8. The molecule has 6 amide bonds.